The second-order valence-corrected chi connectivity index (χ2v) is 5.31. The zero-order valence-electron chi connectivity index (χ0n) is 11.0. The van der Waals surface area contributed by atoms with Crippen molar-refractivity contribution in [3.63, 3.8) is 0 Å². The number of nitrogens with one attached hydrogen (secondary N) is 1. The van der Waals surface area contributed by atoms with Crippen LogP contribution in [0.4, 0.5) is 11.4 Å². The third-order valence-corrected chi connectivity index (χ3v) is 3.06. The van der Waals surface area contributed by atoms with E-state index in [1.807, 2.05) is 31.2 Å². The fourth-order valence-corrected chi connectivity index (χ4v) is 2.37. The highest BCUT2D eigenvalue weighted by molar-refractivity contribution is 9.10. The summed E-state index contributed by atoms with van der Waals surface area (Å²) in [7, 11) is 0. The number of nitrogens with two attached hydrogens (primary N) is 1. The van der Waals surface area contributed by atoms with Crippen molar-refractivity contribution in [1.82, 2.24) is 0 Å². The number of hydrogen-bond acceptors (Lipinski definition) is 3. The van der Waals surface area contributed by atoms with Crippen LogP contribution in [-0.2, 0) is 4.79 Å². The average molecular weight is 335 g/mol. The molecule has 2 rings (SSSR count). The van der Waals surface area contributed by atoms with Gasteiger partial charge in [0.15, 0.2) is 6.61 Å². The minimum absolute atomic E-state index is 0.0836. The van der Waals surface area contributed by atoms with Crippen molar-refractivity contribution in [3.05, 3.63) is 52.5 Å². The third kappa shape index (κ3) is 3.99. The van der Waals surface area contributed by atoms with Crippen LogP contribution < -0.4 is 15.8 Å². The molecule has 0 radical (unpaired) electrons. The van der Waals surface area contributed by atoms with Crippen molar-refractivity contribution < 1.29 is 9.53 Å². The molecule has 5 heteroatoms. The summed E-state index contributed by atoms with van der Waals surface area (Å²) in [5, 5.41) is 2.78. The monoisotopic (exact) mass is 334 g/mol. The van der Waals surface area contributed by atoms with Gasteiger partial charge in [0.05, 0.1) is 5.69 Å². The van der Waals surface area contributed by atoms with Crippen molar-refractivity contribution in [1.29, 1.82) is 0 Å². The molecular weight excluding hydrogens is 320 g/mol. The Hall–Kier alpha value is -2.01. The van der Waals surface area contributed by atoms with Crippen LogP contribution in [0.15, 0.2) is 46.9 Å². The molecule has 0 fully saturated rings. The van der Waals surface area contributed by atoms with E-state index in [0.717, 1.165) is 15.7 Å². The molecule has 0 aliphatic carbocycles. The van der Waals surface area contributed by atoms with E-state index in [1.54, 1.807) is 18.2 Å². The molecule has 0 heterocycles. The van der Waals surface area contributed by atoms with Gasteiger partial charge in [-0.1, -0.05) is 28.1 Å². The van der Waals surface area contributed by atoms with E-state index in [-0.39, 0.29) is 12.5 Å². The number of para-hydroxylation sites is 2. The van der Waals surface area contributed by atoms with Crippen molar-refractivity contribution in [2.45, 2.75) is 6.92 Å². The van der Waals surface area contributed by atoms with Gasteiger partial charge in [0.25, 0.3) is 5.91 Å². The van der Waals surface area contributed by atoms with Gasteiger partial charge in [-0.3, -0.25) is 4.79 Å². The number of aryl methyl sites for hydroxylation is 1. The van der Waals surface area contributed by atoms with Crippen LogP contribution in [0.3, 0.4) is 0 Å². The van der Waals surface area contributed by atoms with Gasteiger partial charge in [-0.25, -0.2) is 0 Å². The van der Waals surface area contributed by atoms with E-state index in [1.165, 1.54) is 0 Å². The Morgan fingerprint density at radius 2 is 2.05 bits per heavy atom. The summed E-state index contributed by atoms with van der Waals surface area (Å²) >= 11 is 3.39. The number of nitrogen functional groups attached to an aromatic ring is 1. The molecule has 0 aromatic heterocycles. The molecule has 2 aromatic carbocycles. The average Bonchev–Trinajstić information content (AvgIpc) is 2.36. The first-order valence-electron chi connectivity index (χ1n) is 6.09. The van der Waals surface area contributed by atoms with Gasteiger partial charge in [0.1, 0.15) is 5.75 Å². The molecule has 4 nitrogen and oxygen atoms in total. The zero-order chi connectivity index (χ0) is 14.5. The maximum absolute atomic E-state index is 11.8. The molecule has 1 amide bonds. The standard InChI is InChI=1S/C15H15BrN2O2/c1-10-6-11(16)8-12(7-10)18-15(19)9-20-14-5-3-2-4-13(14)17/h2-8H,9,17H2,1H3,(H,18,19). The molecule has 3 N–H and O–H groups in total. The van der Waals surface area contributed by atoms with Gasteiger partial charge in [-0.2, -0.15) is 0 Å². The first-order chi connectivity index (χ1) is 9.54. The molecule has 0 aliphatic rings. The molecule has 0 atom stereocenters. The number of hydrogen-bond donors (Lipinski definition) is 2. The van der Waals surface area contributed by atoms with Crippen LogP contribution in [0, 0.1) is 6.92 Å². The minimum Gasteiger partial charge on any atom is -0.482 e. The van der Waals surface area contributed by atoms with E-state index < -0.39 is 0 Å². The van der Waals surface area contributed by atoms with Crippen molar-refractivity contribution in [2.24, 2.45) is 0 Å². The van der Waals surface area contributed by atoms with Gasteiger partial charge in [-0.15, -0.1) is 0 Å². The lowest BCUT2D eigenvalue weighted by Crippen LogP contribution is -2.20. The van der Waals surface area contributed by atoms with E-state index >= 15 is 0 Å². The second-order valence-electron chi connectivity index (χ2n) is 4.39. The number of carbonyl (C=O) groups excluding carboxylic acids is 1. The summed E-state index contributed by atoms with van der Waals surface area (Å²) in [5.41, 5.74) is 8.04. The Morgan fingerprint density at radius 1 is 1.30 bits per heavy atom. The Kier molecular flexibility index (Phi) is 4.63. The smallest absolute Gasteiger partial charge is 0.262 e. The molecule has 0 bridgehead atoms. The summed E-state index contributed by atoms with van der Waals surface area (Å²) in [6.45, 7) is 1.88. The molecule has 20 heavy (non-hydrogen) atoms. The van der Waals surface area contributed by atoms with E-state index in [4.69, 9.17) is 10.5 Å². The normalized spacial score (nSPS) is 10.1. The molecule has 2 aromatic rings. The fourth-order valence-electron chi connectivity index (χ4n) is 1.76. The Balaban J connectivity index is 1.94. The van der Waals surface area contributed by atoms with Crippen molar-refractivity contribution >= 4 is 33.2 Å². The first kappa shape index (κ1) is 14.4. The highest BCUT2D eigenvalue weighted by Crippen LogP contribution is 2.21. The Labute approximate surface area is 126 Å². The molecular formula is C15H15BrN2O2. The molecule has 0 saturated carbocycles. The second kappa shape index (κ2) is 6.43. The van der Waals surface area contributed by atoms with Crippen molar-refractivity contribution in [3.8, 4) is 5.75 Å². The summed E-state index contributed by atoms with van der Waals surface area (Å²) in [6.07, 6.45) is 0. The molecule has 0 aliphatic heterocycles. The van der Waals surface area contributed by atoms with Crippen LogP contribution in [0.1, 0.15) is 5.56 Å². The number of benzene rings is 2. The lowest BCUT2D eigenvalue weighted by molar-refractivity contribution is -0.118. The Bertz CT molecular complexity index is 609. The lowest BCUT2D eigenvalue weighted by Gasteiger charge is -2.10. The van der Waals surface area contributed by atoms with Crippen LogP contribution in [0.25, 0.3) is 0 Å². The lowest BCUT2D eigenvalue weighted by atomic mass is 10.2. The van der Waals surface area contributed by atoms with Gasteiger partial charge >= 0.3 is 0 Å². The van der Waals surface area contributed by atoms with E-state index in [2.05, 4.69) is 21.2 Å². The molecule has 0 spiro atoms. The summed E-state index contributed by atoms with van der Waals surface area (Å²) in [6, 6.07) is 12.8. The maximum atomic E-state index is 11.8. The number of rotatable bonds is 4. The van der Waals surface area contributed by atoms with Crippen molar-refractivity contribution in [2.75, 3.05) is 17.7 Å². The molecule has 104 valence electrons. The zero-order valence-corrected chi connectivity index (χ0v) is 12.6. The van der Waals surface area contributed by atoms with Crippen LogP contribution >= 0.6 is 15.9 Å². The van der Waals surface area contributed by atoms with Crippen LogP contribution in [0.5, 0.6) is 5.75 Å². The number of carbonyl (C=O) groups is 1. The number of anilines is 2. The van der Waals surface area contributed by atoms with E-state index in [0.29, 0.717) is 11.4 Å². The SMILES string of the molecule is Cc1cc(Br)cc(NC(=O)COc2ccccc2N)c1. The minimum atomic E-state index is -0.231. The van der Waals surface area contributed by atoms with Gasteiger partial charge in [0, 0.05) is 10.2 Å². The topological polar surface area (TPSA) is 64.3 Å². The van der Waals surface area contributed by atoms with E-state index in [9.17, 15) is 4.79 Å². The Morgan fingerprint density at radius 3 is 2.75 bits per heavy atom. The number of ether oxygens (including phenoxy) is 1. The summed E-state index contributed by atoms with van der Waals surface area (Å²) in [5.74, 6) is 0.277. The van der Waals surface area contributed by atoms with Gasteiger partial charge in [0.2, 0.25) is 0 Å². The predicted molar refractivity (Wildman–Crippen MR) is 83.9 cm³/mol. The molecule has 0 unspecified atom stereocenters. The largest absolute Gasteiger partial charge is 0.482 e. The number of halogens is 1. The highest BCUT2D eigenvalue weighted by Gasteiger charge is 2.06. The first-order valence-corrected chi connectivity index (χ1v) is 6.88. The number of amides is 1. The quantitative estimate of drug-likeness (QED) is 0.842. The van der Waals surface area contributed by atoms with Gasteiger partial charge < -0.3 is 15.8 Å². The fraction of sp³-hybridized carbons (Fsp3) is 0.133. The van der Waals surface area contributed by atoms with Gasteiger partial charge in [-0.05, 0) is 42.8 Å². The summed E-state index contributed by atoms with van der Waals surface area (Å²) < 4.78 is 6.30. The summed E-state index contributed by atoms with van der Waals surface area (Å²) in [4.78, 5) is 11.8. The highest BCUT2D eigenvalue weighted by atomic mass is 79.9. The third-order valence-electron chi connectivity index (χ3n) is 2.60. The predicted octanol–water partition coefficient (Wildman–Crippen LogP) is 3.36. The molecule has 0 saturated heterocycles. The van der Waals surface area contributed by atoms with Crippen LogP contribution in [-0.4, -0.2) is 12.5 Å². The van der Waals surface area contributed by atoms with Crippen LogP contribution in [0.2, 0.25) is 0 Å². The maximum Gasteiger partial charge on any atom is 0.262 e.